The van der Waals surface area contributed by atoms with E-state index < -0.39 is 0 Å². The largest absolute Gasteiger partial charge is 0.475 e. The van der Waals surface area contributed by atoms with Crippen LogP contribution in [0.4, 0.5) is 0 Å². The molecule has 6 nitrogen and oxygen atoms in total. The molecule has 0 bridgehead atoms. The molecule has 0 atom stereocenters. The first kappa shape index (κ1) is 15.4. The second-order valence-electron chi connectivity index (χ2n) is 5.90. The molecule has 2 rings (SSSR count). The van der Waals surface area contributed by atoms with Gasteiger partial charge in [-0.3, -0.25) is 0 Å². The molecule has 0 fully saturated rings. The van der Waals surface area contributed by atoms with Crippen molar-refractivity contribution in [2.24, 2.45) is 5.41 Å². The Morgan fingerprint density at radius 1 is 1.05 bits per heavy atom. The molecule has 0 spiro atoms. The molecular weight excluding hydrogens is 272 g/mol. The molecule has 0 aromatic carbocycles. The lowest BCUT2D eigenvalue weighted by atomic mass is 9.96. The van der Waals surface area contributed by atoms with Crippen molar-refractivity contribution in [1.82, 2.24) is 10.3 Å². The monoisotopic (exact) mass is 294 g/mol. The third-order valence-corrected chi connectivity index (χ3v) is 2.86. The van der Waals surface area contributed by atoms with Crippen LogP contribution < -0.4 is 9.47 Å². The molecule has 2 aromatic rings. The molecule has 0 saturated carbocycles. The standard InChI is InChI=1S/C15H22N2O4/c1-5-6-12-8-14(17-21-12)19-10-15(3,4)9-18-13-7-11(2)20-16-13/h7-8H,5-6,9-10H2,1-4H3. The van der Waals surface area contributed by atoms with E-state index in [9.17, 15) is 0 Å². The van der Waals surface area contributed by atoms with Crippen LogP contribution in [-0.4, -0.2) is 23.5 Å². The Balaban J connectivity index is 1.79. The number of rotatable bonds is 8. The summed E-state index contributed by atoms with van der Waals surface area (Å²) in [5.74, 6) is 2.58. The first-order valence-electron chi connectivity index (χ1n) is 7.13. The van der Waals surface area contributed by atoms with Crippen LogP contribution in [0.2, 0.25) is 0 Å². The van der Waals surface area contributed by atoms with Gasteiger partial charge in [-0.25, -0.2) is 0 Å². The Labute approximate surface area is 124 Å². The molecule has 0 aliphatic rings. The minimum Gasteiger partial charge on any atom is -0.475 e. The van der Waals surface area contributed by atoms with Crippen molar-refractivity contribution in [2.45, 2.75) is 40.5 Å². The summed E-state index contributed by atoms with van der Waals surface area (Å²) in [5.41, 5.74) is -0.184. The van der Waals surface area contributed by atoms with E-state index in [1.54, 1.807) is 6.07 Å². The normalized spacial score (nSPS) is 11.6. The van der Waals surface area contributed by atoms with E-state index >= 15 is 0 Å². The maximum Gasteiger partial charge on any atom is 0.254 e. The first-order chi connectivity index (χ1) is 9.98. The third kappa shape index (κ3) is 4.81. The third-order valence-electron chi connectivity index (χ3n) is 2.86. The van der Waals surface area contributed by atoms with Gasteiger partial charge in [0.2, 0.25) is 0 Å². The SMILES string of the molecule is CCCc1cc(OCC(C)(C)COc2cc(C)on2)no1. The molecule has 0 N–H and O–H groups in total. The minimum atomic E-state index is -0.184. The summed E-state index contributed by atoms with van der Waals surface area (Å²) in [6.45, 7) is 8.96. The van der Waals surface area contributed by atoms with Gasteiger partial charge in [0, 0.05) is 24.0 Å². The Bertz CT molecular complexity index is 560. The fourth-order valence-corrected chi connectivity index (χ4v) is 1.72. The van der Waals surface area contributed by atoms with Crippen LogP contribution >= 0.6 is 0 Å². The maximum absolute atomic E-state index is 5.66. The van der Waals surface area contributed by atoms with E-state index in [1.807, 2.05) is 26.8 Å². The zero-order chi connectivity index (χ0) is 15.3. The molecule has 116 valence electrons. The zero-order valence-corrected chi connectivity index (χ0v) is 13.0. The van der Waals surface area contributed by atoms with Crippen molar-refractivity contribution in [2.75, 3.05) is 13.2 Å². The average molecular weight is 294 g/mol. The molecule has 0 aliphatic heterocycles. The predicted molar refractivity (Wildman–Crippen MR) is 76.5 cm³/mol. The fourth-order valence-electron chi connectivity index (χ4n) is 1.72. The van der Waals surface area contributed by atoms with Crippen LogP contribution in [0.25, 0.3) is 0 Å². The quantitative estimate of drug-likeness (QED) is 0.743. The molecule has 21 heavy (non-hydrogen) atoms. The summed E-state index contributed by atoms with van der Waals surface area (Å²) in [6, 6.07) is 3.59. The average Bonchev–Trinajstić information content (AvgIpc) is 3.04. The second kappa shape index (κ2) is 6.65. The Morgan fingerprint density at radius 2 is 1.67 bits per heavy atom. The van der Waals surface area contributed by atoms with Crippen molar-refractivity contribution in [1.29, 1.82) is 0 Å². The topological polar surface area (TPSA) is 70.5 Å². The Kier molecular flexibility index (Phi) is 4.88. The van der Waals surface area contributed by atoms with E-state index in [1.165, 1.54) is 0 Å². The smallest absolute Gasteiger partial charge is 0.254 e. The van der Waals surface area contributed by atoms with Crippen molar-refractivity contribution in [3.63, 3.8) is 0 Å². The summed E-state index contributed by atoms with van der Waals surface area (Å²) in [6.07, 6.45) is 1.89. The van der Waals surface area contributed by atoms with Crippen LogP contribution in [0.1, 0.15) is 38.7 Å². The molecule has 2 heterocycles. The van der Waals surface area contributed by atoms with Gasteiger partial charge < -0.3 is 18.5 Å². The summed E-state index contributed by atoms with van der Waals surface area (Å²) < 4.78 is 21.4. The lowest BCUT2D eigenvalue weighted by molar-refractivity contribution is 0.100. The van der Waals surface area contributed by atoms with Crippen molar-refractivity contribution in [3.8, 4) is 11.8 Å². The van der Waals surface area contributed by atoms with E-state index in [0.29, 0.717) is 25.0 Å². The highest BCUT2D eigenvalue weighted by molar-refractivity contribution is 5.11. The zero-order valence-electron chi connectivity index (χ0n) is 13.0. The predicted octanol–water partition coefficient (Wildman–Crippen LogP) is 3.41. The number of hydrogen-bond acceptors (Lipinski definition) is 6. The van der Waals surface area contributed by atoms with Crippen LogP contribution in [0, 0.1) is 12.3 Å². The van der Waals surface area contributed by atoms with Crippen LogP contribution in [0.3, 0.4) is 0 Å². The molecule has 6 heteroatoms. The van der Waals surface area contributed by atoms with Gasteiger partial charge >= 0.3 is 0 Å². The van der Waals surface area contributed by atoms with Gasteiger partial charge in [-0.05, 0) is 23.7 Å². The number of aryl methyl sites for hydroxylation is 2. The van der Waals surface area contributed by atoms with Gasteiger partial charge in [-0.2, -0.15) is 0 Å². The summed E-state index contributed by atoms with van der Waals surface area (Å²) >= 11 is 0. The van der Waals surface area contributed by atoms with Gasteiger partial charge in [0.05, 0.1) is 13.2 Å². The summed E-state index contributed by atoms with van der Waals surface area (Å²) in [7, 11) is 0. The van der Waals surface area contributed by atoms with Gasteiger partial charge in [-0.15, -0.1) is 0 Å². The minimum absolute atomic E-state index is 0.184. The highest BCUT2D eigenvalue weighted by Crippen LogP contribution is 2.21. The Morgan fingerprint density at radius 3 is 2.24 bits per heavy atom. The van der Waals surface area contributed by atoms with Gasteiger partial charge in [0.1, 0.15) is 11.5 Å². The molecule has 0 amide bonds. The summed E-state index contributed by atoms with van der Waals surface area (Å²) in [5, 5.41) is 7.69. The maximum atomic E-state index is 5.66. The van der Waals surface area contributed by atoms with Crippen LogP contribution in [0.5, 0.6) is 11.8 Å². The highest BCUT2D eigenvalue weighted by Gasteiger charge is 2.22. The molecule has 0 aliphatic carbocycles. The van der Waals surface area contributed by atoms with Crippen LogP contribution in [-0.2, 0) is 6.42 Å². The number of ether oxygens (including phenoxy) is 2. The van der Waals surface area contributed by atoms with Crippen molar-refractivity contribution < 1.29 is 18.5 Å². The lowest BCUT2D eigenvalue weighted by Crippen LogP contribution is -2.28. The van der Waals surface area contributed by atoms with E-state index in [-0.39, 0.29) is 5.41 Å². The highest BCUT2D eigenvalue weighted by atomic mass is 16.5. The number of hydrogen-bond donors (Lipinski definition) is 0. The lowest BCUT2D eigenvalue weighted by Gasteiger charge is -2.23. The van der Waals surface area contributed by atoms with E-state index in [0.717, 1.165) is 24.4 Å². The molecule has 0 saturated heterocycles. The summed E-state index contributed by atoms with van der Waals surface area (Å²) in [4.78, 5) is 0. The van der Waals surface area contributed by atoms with E-state index in [2.05, 4.69) is 17.2 Å². The van der Waals surface area contributed by atoms with E-state index in [4.69, 9.17) is 18.5 Å². The Hall–Kier alpha value is -1.98. The number of nitrogens with zero attached hydrogens (tertiary/aromatic N) is 2. The van der Waals surface area contributed by atoms with Gasteiger partial charge in [0.15, 0.2) is 0 Å². The molecular formula is C15H22N2O4. The molecule has 2 aromatic heterocycles. The van der Waals surface area contributed by atoms with Crippen molar-refractivity contribution >= 4 is 0 Å². The second-order valence-corrected chi connectivity index (χ2v) is 5.90. The van der Waals surface area contributed by atoms with Gasteiger partial charge in [0.25, 0.3) is 11.8 Å². The number of aromatic nitrogens is 2. The fraction of sp³-hybridized carbons (Fsp3) is 0.600. The van der Waals surface area contributed by atoms with Crippen molar-refractivity contribution in [3.05, 3.63) is 23.7 Å². The van der Waals surface area contributed by atoms with Gasteiger partial charge in [-0.1, -0.05) is 20.8 Å². The first-order valence-corrected chi connectivity index (χ1v) is 7.13. The van der Waals surface area contributed by atoms with Crippen LogP contribution in [0.15, 0.2) is 21.2 Å². The molecule has 0 unspecified atom stereocenters. The molecule has 0 radical (unpaired) electrons.